The minimum absolute atomic E-state index is 0.0488. The first kappa shape index (κ1) is 15.1. The summed E-state index contributed by atoms with van der Waals surface area (Å²) in [4.78, 5) is 11.8. The van der Waals surface area contributed by atoms with Gasteiger partial charge in [0.15, 0.2) is 0 Å². The van der Waals surface area contributed by atoms with Gasteiger partial charge >= 0.3 is 10.3 Å². The molecule has 6 heteroatoms. The van der Waals surface area contributed by atoms with Crippen LogP contribution in [0.1, 0.15) is 34.1 Å². The van der Waals surface area contributed by atoms with Crippen molar-refractivity contribution in [1.29, 1.82) is 0 Å². The van der Waals surface area contributed by atoms with Gasteiger partial charge in [0.1, 0.15) is 0 Å². The predicted octanol–water partition coefficient (Wildman–Crippen LogP) is 1.63. The minimum atomic E-state index is -4.51. The van der Waals surface area contributed by atoms with E-state index in [1.807, 2.05) is 0 Å². The van der Waals surface area contributed by atoms with Crippen molar-refractivity contribution in [2.24, 2.45) is 5.41 Å². The first-order valence-corrected chi connectivity index (χ1v) is 6.40. The van der Waals surface area contributed by atoms with Crippen LogP contribution < -0.4 is 0 Å². The van der Waals surface area contributed by atoms with Crippen LogP contribution in [0.25, 0.3) is 0 Å². The van der Waals surface area contributed by atoms with Gasteiger partial charge in [0.05, 0.1) is 0 Å². The van der Waals surface area contributed by atoms with Crippen molar-refractivity contribution >= 4 is 16.2 Å². The highest BCUT2D eigenvalue weighted by Crippen LogP contribution is 2.25. The molecule has 1 N–H and O–H groups in total. The van der Waals surface area contributed by atoms with Crippen molar-refractivity contribution in [3.05, 3.63) is 12.2 Å². The van der Waals surface area contributed by atoms with E-state index in [1.54, 1.807) is 27.7 Å². The lowest BCUT2D eigenvalue weighted by Gasteiger charge is -2.25. The second-order valence-electron chi connectivity index (χ2n) is 4.58. The molecule has 0 heterocycles. The SMILES string of the molecule is C=C(C(=O)N(CCC)S(=O)(=O)O)C(C)(C)C. The van der Waals surface area contributed by atoms with Crippen LogP contribution in [0, 0.1) is 5.41 Å². The number of amides is 1. The molecule has 0 aliphatic rings. The Balaban J connectivity index is 5.14. The average molecular weight is 249 g/mol. The molecule has 0 aromatic carbocycles. The fourth-order valence-electron chi connectivity index (χ4n) is 0.996. The van der Waals surface area contributed by atoms with Crippen LogP contribution in [0.15, 0.2) is 12.2 Å². The van der Waals surface area contributed by atoms with Gasteiger partial charge in [-0.1, -0.05) is 34.3 Å². The van der Waals surface area contributed by atoms with Crippen molar-refractivity contribution in [2.75, 3.05) is 6.54 Å². The summed E-state index contributed by atoms with van der Waals surface area (Å²) in [6.45, 7) is 10.5. The molecule has 1 amide bonds. The number of nitrogens with zero attached hydrogens (tertiary/aromatic N) is 1. The zero-order chi connectivity index (χ0) is 13.1. The summed E-state index contributed by atoms with van der Waals surface area (Å²) in [6.07, 6.45) is 0.433. The summed E-state index contributed by atoms with van der Waals surface area (Å²) in [5, 5.41) is 0. The van der Waals surface area contributed by atoms with E-state index in [1.165, 1.54) is 0 Å². The standard InChI is InChI=1S/C10H19NO4S/c1-6-7-11(16(13,14)15)9(12)8(2)10(3,4)5/h2,6-7H2,1,3-5H3,(H,13,14,15). The van der Waals surface area contributed by atoms with E-state index in [-0.39, 0.29) is 12.1 Å². The normalized spacial score (nSPS) is 12.3. The van der Waals surface area contributed by atoms with Crippen LogP contribution >= 0.6 is 0 Å². The minimum Gasteiger partial charge on any atom is -0.269 e. The monoisotopic (exact) mass is 249 g/mol. The van der Waals surface area contributed by atoms with E-state index in [4.69, 9.17) is 4.55 Å². The molecule has 0 radical (unpaired) electrons. The maximum absolute atomic E-state index is 11.8. The molecule has 0 saturated heterocycles. The summed E-state index contributed by atoms with van der Waals surface area (Å²) < 4.78 is 31.4. The van der Waals surface area contributed by atoms with Gasteiger partial charge in [-0.25, -0.2) is 4.31 Å². The number of carbonyl (C=O) groups excluding carboxylic acids is 1. The molecule has 0 bridgehead atoms. The van der Waals surface area contributed by atoms with E-state index >= 15 is 0 Å². The second-order valence-corrected chi connectivity index (χ2v) is 5.92. The second kappa shape index (κ2) is 4.97. The summed E-state index contributed by atoms with van der Waals surface area (Å²) in [6, 6.07) is 0. The highest BCUT2D eigenvalue weighted by molar-refractivity contribution is 7.84. The maximum atomic E-state index is 11.8. The van der Waals surface area contributed by atoms with Gasteiger partial charge in [-0.3, -0.25) is 9.35 Å². The Kier molecular flexibility index (Phi) is 4.69. The quantitative estimate of drug-likeness (QED) is 0.607. The molecule has 5 nitrogen and oxygen atoms in total. The Morgan fingerprint density at radius 3 is 2.06 bits per heavy atom. The van der Waals surface area contributed by atoms with Gasteiger partial charge in [-0.15, -0.1) is 0 Å². The third kappa shape index (κ3) is 3.94. The molecule has 0 aromatic rings. The lowest BCUT2D eigenvalue weighted by molar-refractivity contribution is -0.123. The van der Waals surface area contributed by atoms with E-state index < -0.39 is 21.6 Å². The molecule has 0 saturated carbocycles. The Morgan fingerprint density at radius 1 is 1.38 bits per heavy atom. The van der Waals surface area contributed by atoms with Crippen LogP contribution in [0.4, 0.5) is 0 Å². The Hall–Kier alpha value is -0.880. The maximum Gasteiger partial charge on any atom is 0.362 e. The number of rotatable bonds is 4. The highest BCUT2D eigenvalue weighted by atomic mass is 32.2. The zero-order valence-electron chi connectivity index (χ0n) is 10.1. The molecule has 0 aliphatic heterocycles. The van der Waals surface area contributed by atoms with Crippen LogP contribution in [-0.4, -0.2) is 29.7 Å². The third-order valence-electron chi connectivity index (χ3n) is 2.10. The van der Waals surface area contributed by atoms with Crippen LogP contribution in [0.5, 0.6) is 0 Å². The molecular weight excluding hydrogens is 230 g/mol. The first-order chi connectivity index (χ1) is 7.01. The van der Waals surface area contributed by atoms with Gasteiger partial charge in [0, 0.05) is 12.1 Å². The number of hydrogen-bond donors (Lipinski definition) is 1. The molecule has 0 aliphatic carbocycles. The first-order valence-electron chi connectivity index (χ1n) is 5.00. The third-order valence-corrected chi connectivity index (χ3v) is 3.00. The van der Waals surface area contributed by atoms with Crippen molar-refractivity contribution < 1.29 is 17.8 Å². The molecule has 94 valence electrons. The van der Waals surface area contributed by atoms with Crippen molar-refractivity contribution in [3.8, 4) is 0 Å². The van der Waals surface area contributed by atoms with Crippen LogP contribution in [-0.2, 0) is 15.1 Å². The predicted molar refractivity (Wildman–Crippen MR) is 62.1 cm³/mol. The fourth-order valence-corrected chi connectivity index (χ4v) is 1.73. The van der Waals surface area contributed by atoms with Crippen molar-refractivity contribution in [3.63, 3.8) is 0 Å². The Morgan fingerprint density at radius 2 is 1.81 bits per heavy atom. The van der Waals surface area contributed by atoms with E-state index in [0.29, 0.717) is 10.7 Å². The lowest BCUT2D eigenvalue weighted by Crippen LogP contribution is -2.40. The van der Waals surface area contributed by atoms with Gasteiger partial charge in [0.2, 0.25) is 0 Å². The Bertz CT molecular complexity index is 378. The Labute approximate surface area is 97.0 Å². The van der Waals surface area contributed by atoms with Gasteiger partial charge in [-0.05, 0) is 11.8 Å². The fraction of sp³-hybridized carbons (Fsp3) is 0.700. The van der Waals surface area contributed by atoms with E-state index in [0.717, 1.165) is 0 Å². The summed E-state index contributed by atoms with van der Waals surface area (Å²) in [5.74, 6) is -0.753. The topological polar surface area (TPSA) is 74.7 Å². The molecule has 0 atom stereocenters. The average Bonchev–Trinajstić information content (AvgIpc) is 2.08. The summed E-state index contributed by atoms with van der Waals surface area (Å²) in [5.41, 5.74) is -0.383. The zero-order valence-corrected chi connectivity index (χ0v) is 11.0. The van der Waals surface area contributed by atoms with Gasteiger partial charge in [-0.2, -0.15) is 8.42 Å². The molecule has 0 aromatic heterocycles. The largest absolute Gasteiger partial charge is 0.362 e. The van der Waals surface area contributed by atoms with Crippen molar-refractivity contribution in [1.82, 2.24) is 4.31 Å². The van der Waals surface area contributed by atoms with Crippen LogP contribution in [0.3, 0.4) is 0 Å². The molecule has 0 spiro atoms. The van der Waals surface area contributed by atoms with Gasteiger partial charge in [0.25, 0.3) is 5.91 Å². The molecular formula is C10H19NO4S. The van der Waals surface area contributed by atoms with E-state index in [9.17, 15) is 13.2 Å². The summed E-state index contributed by atoms with van der Waals surface area (Å²) >= 11 is 0. The smallest absolute Gasteiger partial charge is 0.269 e. The number of carbonyl (C=O) groups is 1. The van der Waals surface area contributed by atoms with E-state index in [2.05, 4.69) is 6.58 Å². The molecule has 16 heavy (non-hydrogen) atoms. The van der Waals surface area contributed by atoms with Crippen molar-refractivity contribution in [2.45, 2.75) is 34.1 Å². The summed E-state index contributed by atoms with van der Waals surface area (Å²) in [7, 11) is -4.51. The highest BCUT2D eigenvalue weighted by Gasteiger charge is 2.31. The molecule has 0 unspecified atom stereocenters. The van der Waals surface area contributed by atoms with Crippen LogP contribution in [0.2, 0.25) is 0 Å². The number of hydrogen-bond acceptors (Lipinski definition) is 3. The van der Waals surface area contributed by atoms with Gasteiger partial charge < -0.3 is 0 Å². The molecule has 0 fully saturated rings. The lowest BCUT2D eigenvalue weighted by atomic mass is 9.87. The molecule has 0 rings (SSSR count).